The highest BCUT2D eigenvalue weighted by molar-refractivity contribution is 5.94. The molecule has 0 spiro atoms. The van der Waals surface area contributed by atoms with E-state index in [-0.39, 0.29) is 17.7 Å². The molecule has 4 nitrogen and oxygen atoms in total. The van der Waals surface area contributed by atoms with Crippen molar-refractivity contribution in [2.75, 3.05) is 13.1 Å². The van der Waals surface area contributed by atoms with Gasteiger partial charge in [-0.05, 0) is 37.1 Å². The quantitative estimate of drug-likeness (QED) is 0.795. The predicted molar refractivity (Wildman–Crippen MR) is 76.1 cm³/mol. The molecule has 4 heteroatoms. The second-order valence-corrected chi connectivity index (χ2v) is 5.00. The lowest BCUT2D eigenvalue weighted by molar-refractivity contribution is -0.123. The number of carbonyl (C=O) groups is 2. The molecule has 0 aliphatic rings. The Balaban J connectivity index is 2.39. The maximum absolute atomic E-state index is 11.9. The normalized spacial score (nSPS) is 10.4. The molecule has 104 valence electrons. The first-order chi connectivity index (χ1) is 8.91. The average molecular weight is 262 g/mol. The van der Waals surface area contributed by atoms with E-state index in [2.05, 4.69) is 10.6 Å². The Morgan fingerprint density at radius 1 is 1.05 bits per heavy atom. The van der Waals surface area contributed by atoms with Crippen LogP contribution in [-0.2, 0) is 4.79 Å². The highest BCUT2D eigenvalue weighted by Crippen LogP contribution is 2.09. The van der Waals surface area contributed by atoms with E-state index in [1.165, 1.54) is 5.56 Å². The van der Waals surface area contributed by atoms with Gasteiger partial charge in [-0.3, -0.25) is 9.59 Å². The molecule has 0 unspecified atom stereocenters. The number of aryl methyl sites for hydroxylation is 2. The van der Waals surface area contributed by atoms with Crippen LogP contribution in [0.3, 0.4) is 0 Å². The molecule has 1 aromatic rings. The molecule has 0 bridgehead atoms. The first kappa shape index (κ1) is 15.2. The van der Waals surface area contributed by atoms with Crippen molar-refractivity contribution in [2.24, 2.45) is 5.92 Å². The van der Waals surface area contributed by atoms with Gasteiger partial charge in [-0.15, -0.1) is 0 Å². The molecule has 0 saturated carbocycles. The number of amides is 2. The Labute approximate surface area is 114 Å². The van der Waals surface area contributed by atoms with Crippen molar-refractivity contribution in [1.82, 2.24) is 10.6 Å². The van der Waals surface area contributed by atoms with Crippen molar-refractivity contribution in [3.63, 3.8) is 0 Å². The maximum Gasteiger partial charge on any atom is 0.251 e. The van der Waals surface area contributed by atoms with Crippen LogP contribution in [0.2, 0.25) is 0 Å². The molecular formula is C15H22N2O2. The second-order valence-electron chi connectivity index (χ2n) is 5.00. The maximum atomic E-state index is 11.9. The summed E-state index contributed by atoms with van der Waals surface area (Å²) in [6.45, 7) is 8.55. The Bertz CT molecular complexity index is 467. The molecule has 0 aliphatic heterocycles. The minimum absolute atomic E-state index is 0.000398. The zero-order chi connectivity index (χ0) is 14.4. The highest BCUT2D eigenvalue weighted by atomic mass is 16.2. The van der Waals surface area contributed by atoms with Crippen LogP contribution in [0.15, 0.2) is 18.2 Å². The summed E-state index contributed by atoms with van der Waals surface area (Å²) in [6.07, 6.45) is 0. The van der Waals surface area contributed by atoms with Crippen molar-refractivity contribution in [1.29, 1.82) is 0 Å². The highest BCUT2D eigenvalue weighted by Gasteiger charge is 2.07. The summed E-state index contributed by atoms with van der Waals surface area (Å²) in [5, 5.41) is 5.54. The van der Waals surface area contributed by atoms with Gasteiger partial charge in [-0.2, -0.15) is 0 Å². The smallest absolute Gasteiger partial charge is 0.251 e. The van der Waals surface area contributed by atoms with Crippen LogP contribution in [0, 0.1) is 19.8 Å². The largest absolute Gasteiger partial charge is 0.354 e. The summed E-state index contributed by atoms with van der Waals surface area (Å²) in [5.41, 5.74) is 2.92. The minimum Gasteiger partial charge on any atom is -0.354 e. The molecule has 0 aliphatic carbocycles. The molecule has 0 radical (unpaired) electrons. The molecule has 19 heavy (non-hydrogen) atoms. The zero-order valence-corrected chi connectivity index (χ0v) is 12.0. The van der Waals surface area contributed by atoms with Gasteiger partial charge in [0.15, 0.2) is 0 Å². The Morgan fingerprint density at radius 2 is 1.68 bits per heavy atom. The third-order valence-corrected chi connectivity index (χ3v) is 3.00. The van der Waals surface area contributed by atoms with Gasteiger partial charge in [-0.25, -0.2) is 0 Å². The summed E-state index contributed by atoms with van der Waals surface area (Å²) in [5.74, 6) is -0.141. The predicted octanol–water partition coefficient (Wildman–Crippen LogP) is 1.81. The van der Waals surface area contributed by atoms with Gasteiger partial charge >= 0.3 is 0 Å². The summed E-state index contributed by atoms with van der Waals surface area (Å²) in [7, 11) is 0. The van der Waals surface area contributed by atoms with E-state index in [4.69, 9.17) is 0 Å². The van der Waals surface area contributed by atoms with Gasteiger partial charge in [0.2, 0.25) is 5.91 Å². The number of rotatable bonds is 5. The topological polar surface area (TPSA) is 58.2 Å². The van der Waals surface area contributed by atoms with Crippen LogP contribution < -0.4 is 10.6 Å². The number of hydrogen-bond acceptors (Lipinski definition) is 2. The van der Waals surface area contributed by atoms with E-state index in [9.17, 15) is 9.59 Å². The monoisotopic (exact) mass is 262 g/mol. The average Bonchev–Trinajstić information content (AvgIpc) is 2.37. The van der Waals surface area contributed by atoms with Crippen LogP contribution in [0.1, 0.15) is 35.3 Å². The number of hydrogen-bond donors (Lipinski definition) is 2. The lowest BCUT2D eigenvalue weighted by Gasteiger charge is -2.09. The standard InChI is InChI=1S/C15H22N2O2/c1-10(2)14(18)16-7-8-17-15(19)13-6-5-11(3)12(4)9-13/h5-6,9-10H,7-8H2,1-4H3,(H,16,18)(H,17,19). The molecular weight excluding hydrogens is 240 g/mol. The van der Waals surface area contributed by atoms with Gasteiger partial charge in [0.25, 0.3) is 5.91 Å². The summed E-state index contributed by atoms with van der Waals surface area (Å²) >= 11 is 0. The van der Waals surface area contributed by atoms with Gasteiger partial charge in [0, 0.05) is 24.6 Å². The van der Waals surface area contributed by atoms with E-state index in [0.29, 0.717) is 18.7 Å². The molecule has 0 aromatic heterocycles. The van der Waals surface area contributed by atoms with Gasteiger partial charge in [0.1, 0.15) is 0 Å². The molecule has 0 heterocycles. The first-order valence-corrected chi connectivity index (χ1v) is 6.55. The molecule has 1 rings (SSSR count). The third-order valence-electron chi connectivity index (χ3n) is 3.00. The first-order valence-electron chi connectivity index (χ1n) is 6.55. The summed E-state index contributed by atoms with van der Waals surface area (Å²) < 4.78 is 0. The molecule has 2 amide bonds. The Kier molecular flexibility index (Phi) is 5.55. The minimum atomic E-state index is -0.109. The van der Waals surface area contributed by atoms with Crippen molar-refractivity contribution < 1.29 is 9.59 Å². The van der Waals surface area contributed by atoms with Crippen molar-refractivity contribution in [3.05, 3.63) is 34.9 Å². The number of carbonyl (C=O) groups excluding carboxylic acids is 2. The molecule has 0 atom stereocenters. The van der Waals surface area contributed by atoms with Gasteiger partial charge in [0.05, 0.1) is 0 Å². The van der Waals surface area contributed by atoms with Crippen LogP contribution in [-0.4, -0.2) is 24.9 Å². The van der Waals surface area contributed by atoms with E-state index in [1.54, 1.807) is 0 Å². The van der Waals surface area contributed by atoms with Crippen LogP contribution in [0.25, 0.3) is 0 Å². The fourth-order valence-corrected chi connectivity index (χ4v) is 1.55. The van der Waals surface area contributed by atoms with Crippen molar-refractivity contribution >= 4 is 11.8 Å². The van der Waals surface area contributed by atoms with E-state index in [0.717, 1.165) is 5.56 Å². The van der Waals surface area contributed by atoms with Gasteiger partial charge < -0.3 is 10.6 Å². The lowest BCUT2D eigenvalue weighted by atomic mass is 10.1. The molecule has 2 N–H and O–H groups in total. The second kappa shape index (κ2) is 6.92. The van der Waals surface area contributed by atoms with E-state index >= 15 is 0 Å². The lowest BCUT2D eigenvalue weighted by Crippen LogP contribution is -2.36. The Morgan fingerprint density at radius 3 is 2.26 bits per heavy atom. The number of benzene rings is 1. The van der Waals surface area contributed by atoms with Crippen LogP contribution in [0.4, 0.5) is 0 Å². The molecule has 0 saturated heterocycles. The molecule has 1 aromatic carbocycles. The van der Waals surface area contributed by atoms with Crippen LogP contribution in [0.5, 0.6) is 0 Å². The zero-order valence-electron chi connectivity index (χ0n) is 12.0. The Hall–Kier alpha value is -1.84. The van der Waals surface area contributed by atoms with E-state index < -0.39 is 0 Å². The third kappa shape index (κ3) is 4.73. The van der Waals surface area contributed by atoms with Crippen molar-refractivity contribution in [2.45, 2.75) is 27.7 Å². The fraction of sp³-hybridized carbons (Fsp3) is 0.467. The summed E-state index contributed by atoms with van der Waals surface area (Å²) in [6, 6.07) is 5.62. The SMILES string of the molecule is Cc1ccc(C(=O)NCCNC(=O)C(C)C)cc1C. The van der Waals surface area contributed by atoms with Crippen LogP contribution >= 0.6 is 0 Å². The fourth-order valence-electron chi connectivity index (χ4n) is 1.55. The van der Waals surface area contributed by atoms with Crippen molar-refractivity contribution in [3.8, 4) is 0 Å². The molecule has 0 fully saturated rings. The summed E-state index contributed by atoms with van der Waals surface area (Å²) in [4.78, 5) is 23.2. The number of nitrogens with one attached hydrogen (secondary N) is 2. The van der Waals surface area contributed by atoms with Gasteiger partial charge in [-0.1, -0.05) is 19.9 Å². The van der Waals surface area contributed by atoms with E-state index in [1.807, 2.05) is 45.9 Å².